The van der Waals surface area contributed by atoms with Crippen LogP contribution >= 0.6 is 0 Å². The average molecular weight is 378 g/mol. The van der Waals surface area contributed by atoms with Crippen LogP contribution in [0.25, 0.3) is 5.69 Å². The predicted molar refractivity (Wildman–Crippen MR) is 105 cm³/mol. The molecule has 0 unspecified atom stereocenters. The van der Waals surface area contributed by atoms with E-state index in [1.165, 1.54) is 19.4 Å². The summed E-state index contributed by atoms with van der Waals surface area (Å²) in [7, 11) is 1.52. The summed E-state index contributed by atoms with van der Waals surface area (Å²) < 4.78 is 6.93. The normalized spacial score (nSPS) is 10.6. The highest BCUT2D eigenvalue weighted by Gasteiger charge is 2.07. The molecule has 0 aliphatic heterocycles. The van der Waals surface area contributed by atoms with E-state index in [4.69, 9.17) is 9.84 Å². The maximum atomic E-state index is 12.0. The van der Waals surface area contributed by atoms with Crippen molar-refractivity contribution in [3.8, 4) is 11.4 Å². The number of carboxylic acid groups (broad SMARTS) is 1. The Hall–Kier alpha value is -4.07. The molecule has 0 radical (unpaired) electrons. The Labute approximate surface area is 161 Å². The third-order valence-electron chi connectivity index (χ3n) is 3.87. The van der Waals surface area contributed by atoms with E-state index in [0.717, 1.165) is 0 Å². The summed E-state index contributed by atoms with van der Waals surface area (Å²) in [5.41, 5.74) is 4.43. The van der Waals surface area contributed by atoms with Gasteiger partial charge in [-0.15, -0.1) is 0 Å². The summed E-state index contributed by atoms with van der Waals surface area (Å²) in [5.74, 6) is -0.465. The summed E-state index contributed by atoms with van der Waals surface area (Å²) in [6, 6.07) is 16.6. The highest BCUT2D eigenvalue weighted by atomic mass is 16.5. The molecule has 3 aromatic rings. The van der Waals surface area contributed by atoms with Gasteiger partial charge in [-0.25, -0.2) is 15.0 Å². The number of ether oxygens (including phenoxy) is 1. The van der Waals surface area contributed by atoms with E-state index in [2.05, 4.69) is 15.8 Å². The van der Waals surface area contributed by atoms with Crippen LogP contribution < -0.4 is 15.5 Å². The average Bonchev–Trinajstić information content (AvgIpc) is 3.17. The van der Waals surface area contributed by atoms with Crippen LogP contribution in [0.15, 0.2) is 72.0 Å². The first-order chi connectivity index (χ1) is 13.6. The molecule has 2 aromatic carbocycles. The molecular formula is C20H18N4O4. The molecule has 8 heteroatoms. The molecule has 0 aliphatic carbocycles. The number of anilines is 1. The van der Waals surface area contributed by atoms with Gasteiger partial charge in [-0.05, 0) is 42.5 Å². The van der Waals surface area contributed by atoms with Crippen LogP contribution in [-0.2, 0) is 0 Å². The van der Waals surface area contributed by atoms with Crippen LogP contribution in [0.1, 0.15) is 16.1 Å². The fourth-order valence-corrected chi connectivity index (χ4v) is 2.58. The third-order valence-corrected chi connectivity index (χ3v) is 3.87. The zero-order valence-corrected chi connectivity index (χ0v) is 15.0. The third kappa shape index (κ3) is 4.36. The number of aromatic nitrogens is 1. The molecule has 0 saturated heterocycles. The highest BCUT2D eigenvalue weighted by molar-refractivity contribution is 5.92. The number of rotatable bonds is 6. The Morgan fingerprint density at radius 3 is 2.71 bits per heavy atom. The van der Waals surface area contributed by atoms with Crippen molar-refractivity contribution in [2.75, 3.05) is 12.4 Å². The molecule has 28 heavy (non-hydrogen) atoms. The minimum atomic E-state index is -1.00. The Morgan fingerprint density at radius 2 is 1.93 bits per heavy atom. The van der Waals surface area contributed by atoms with Crippen molar-refractivity contribution in [2.24, 2.45) is 5.10 Å². The second-order valence-electron chi connectivity index (χ2n) is 5.68. The zero-order chi connectivity index (χ0) is 19.9. The first-order valence-corrected chi connectivity index (χ1v) is 8.32. The van der Waals surface area contributed by atoms with Gasteiger partial charge in [0.1, 0.15) is 5.75 Å². The highest BCUT2D eigenvalue weighted by Crippen LogP contribution is 2.22. The molecule has 0 saturated carbocycles. The topological polar surface area (TPSA) is 105 Å². The number of methoxy groups -OCH3 is 1. The maximum absolute atomic E-state index is 12.0. The number of urea groups is 1. The Balaban J connectivity index is 1.69. The van der Waals surface area contributed by atoms with Crippen LogP contribution in [0.3, 0.4) is 0 Å². The Morgan fingerprint density at radius 1 is 1.11 bits per heavy atom. The molecule has 8 nitrogen and oxygen atoms in total. The molecule has 142 valence electrons. The van der Waals surface area contributed by atoms with Crippen LogP contribution in [0.2, 0.25) is 0 Å². The SMILES string of the molecule is COc1ccccc1NC(=O)N/N=C/c1cccn1-c1cccc(C(=O)O)c1. The van der Waals surface area contributed by atoms with E-state index in [0.29, 0.717) is 22.8 Å². The number of nitrogens with one attached hydrogen (secondary N) is 2. The molecular weight excluding hydrogens is 360 g/mol. The van der Waals surface area contributed by atoms with Gasteiger partial charge in [-0.2, -0.15) is 5.10 Å². The van der Waals surface area contributed by atoms with Gasteiger partial charge in [0.25, 0.3) is 0 Å². The molecule has 1 heterocycles. The van der Waals surface area contributed by atoms with Gasteiger partial charge in [0.2, 0.25) is 0 Å². The molecule has 0 atom stereocenters. The zero-order valence-electron chi connectivity index (χ0n) is 15.0. The molecule has 0 aliphatic rings. The van der Waals surface area contributed by atoms with Gasteiger partial charge >= 0.3 is 12.0 Å². The first-order valence-electron chi connectivity index (χ1n) is 8.32. The second kappa shape index (κ2) is 8.54. The predicted octanol–water partition coefficient (Wildman–Crippen LogP) is 3.34. The van der Waals surface area contributed by atoms with E-state index in [1.807, 2.05) is 0 Å². The number of hydrogen-bond acceptors (Lipinski definition) is 4. The lowest BCUT2D eigenvalue weighted by Gasteiger charge is -2.09. The van der Waals surface area contributed by atoms with Gasteiger partial charge in [0, 0.05) is 11.9 Å². The van der Waals surface area contributed by atoms with Gasteiger partial charge in [0.05, 0.1) is 30.3 Å². The monoisotopic (exact) mass is 378 g/mol. The fraction of sp³-hybridized carbons (Fsp3) is 0.0500. The van der Waals surface area contributed by atoms with E-state index in [9.17, 15) is 9.59 Å². The minimum Gasteiger partial charge on any atom is -0.495 e. The van der Waals surface area contributed by atoms with Crippen molar-refractivity contribution >= 4 is 23.9 Å². The summed E-state index contributed by atoms with van der Waals surface area (Å²) in [4.78, 5) is 23.2. The lowest BCUT2D eigenvalue weighted by molar-refractivity contribution is 0.0697. The van der Waals surface area contributed by atoms with Crippen molar-refractivity contribution in [3.05, 3.63) is 78.1 Å². The van der Waals surface area contributed by atoms with Crippen molar-refractivity contribution < 1.29 is 19.4 Å². The summed E-state index contributed by atoms with van der Waals surface area (Å²) in [6.07, 6.45) is 3.24. The van der Waals surface area contributed by atoms with E-state index in [-0.39, 0.29) is 5.56 Å². The summed E-state index contributed by atoms with van der Waals surface area (Å²) in [5, 5.41) is 15.7. The van der Waals surface area contributed by atoms with Crippen LogP contribution in [0.5, 0.6) is 5.75 Å². The lowest BCUT2D eigenvalue weighted by atomic mass is 10.2. The van der Waals surface area contributed by atoms with Crippen LogP contribution in [0, 0.1) is 0 Å². The smallest absolute Gasteiger partial charge is 0.339 e. The Kier molecular flexibility index (Phi) is 5.71. The number of para-hydroxylation sites is 2. The molecule has 3 rings (SSSR count). The Bertz CT molecular complexity index is 1030. The number of aromatic carboxylic acids is 1. The van der Waals surface area contributed by atoms with Crippen molar-refractivity contribution in [3.63, 3.8) is 0 Å². The van der Waals surface area contributed by atoms with Crippen molar-refractivity contribution in [2.45, 2.75) is 0 Å². The van der Waals surface area contributed by atoms with E-state index < -0.39 is 12.0 Å². The van der Waals surface area contributed by atoms with Crippen molar-refractivity contribution in [1.29, 1.82) is 0 Å². The number of carbonyl (C=O) groups is 2. The molecule has 0 bridgehead atoms. The van der Waals surface area contributed by atoms with Gasteiger partial charge in [0.15, 0.2) is 0 Å². The molecule has 0 spiro atoms. The largest absolute Gasteiger partial charge is 0.495 e. The number of hydrogen-bond donors (Lipinski definition) is 3. The number of hydrazone groups is 1. The molecule has 2 amide bonds. The maximum Gasteiger partial charge on any atom is 0.339 e. The number of amides is 2. The molecule has 1 aromatic heterocycles. The summed E-state index contributed by atoms with van der Waals surface area (Å²) >= 11 is 0. The van der Waals surface area contributed by atoms with E-state index in [1.54, 1.807) is 65.4 Å². The second-order valence-corrected chi connectivity index (χ2v) is 5.68. The number of benzene rings is 2. The fourth-order valence-electron chi connectivity index (χ4n) is 2.58. The molecule has 3 N–H and O–H groups in total. The first kappa shape index (κ1) is 18.7. The van der Waals surface area contributed by atoms with Crippen LogP contribution in [0.4, 0.5) is 10.5 Å². The minimum absolute atomic E-state index is 0.184. The van der Waals surface area contributed by atoms with Crippen LogP contribution in [-0.4, -0.2) is 35.0 Å². The number of carbonyl (C=O) groups excluding carboxylic acids is 1. The quantitative estimate of drug-likeness (QED) is 0.452. The summed E-state index contributed by atoms with van der Waals surface area (Å²) in [6.45, 7) is 0. The number of carboxylic acids is 1. The lowest BCUT2D eigenvalue weighted by Crippen LogP contribution is -2.24. The van der Waals surface area contributed by atoms with Gasteiger partial charge < -0.3 is 19.7 Å². The standard InChI is InChI=1S/C20H18N4O4/c1-28-18-10-3-2-9-17(18)22-20(27)23-21-13-16-8-5-11-24(16)15-7-4-6-14(12-15)19(25)26/h2-13H,1H3,(H,25,26)(H2,22,23,27)/b21-13+. The van der Waals surface area contributed by atoms with Gasteiger partial charge in [-0.3, -0.25) is 0 Å². The van der Waals surface area contributed by atoms with Crippen molar-refractivity contribution in [1.82, 2.24) is 9.99 Å². The number of nitrogens with zero attached hydrogens (tertiary/aromatic N) is 2. The van der Waals surface area contributed by atoms with E-state index >= 15 is 0 Å². The molecule has 0 fully saturated rings. The van der Waals surface area contributed by atoms with Gasteiger partial charge in [-0.1, -0.05) is 18.2 Å².